The molecule has 0 aliphatic heterocycles. The van der Waals surface area contributed by atoms with Crippen molar-refractivity contribution < 1.29 is 9.13 Å². The molecule has 2 aromatic heterocycles. The third-order valence-electron chi connectivity index (χ3n) is 7.90. The molecule has 2 saturated carbocycles. The number of halogens is 2. The van der Waals surface area contributed by atoms with Crippen LogP contribution in [0.4, 0.5) is 15.8 Å². The van der Waals surface area contributed by atoms with E-state index in [1.165, 1.54) is 29.5 Å². The Morgan fingerprint density at radius 1 is 1.16 bits per heavy atom. The summed E-state index contributed by atoms with van der Waals surface area (Å²) in [6, 6.07) is 10.8. The quantitative estimate of drug-likeness (QED) is 0.393. The van der Waals surface area contributed by atoms with Crippen molar-refractivity contribution in [2.24, 2.45) is 13.0 Å². The lowest BCUT2D eigenvalue weighted by molar-refractivity contribution is 0.359. The molecule has 37 heavy (non-hydrogen) atoms. The number of ether oxygens (including phenoxy) is 1. The number of pyridine rings is 2. The summed E-state index contributed by atoms with van der Waals surface area (Å²) in [6.07, 6.45) is 6.07. The standard InChI is InChI=1S/C28H31ClFN5O2/c1-33(27-21(15-31)28(36)34(2)23-12-13-25(29)32-26(23)27)19-7-9-20(10-8-19)35(16-17-4-5-17)22-11-6-18(30)14-24(22)37-3/h6,11-14,17,19-20H,4-5,7-10,16H2,1-3H3. The van der Waals surface area contributed by atoms with Crippen LogP contribution in [0.25, 0.3) is 11.0 Å². The van der Waals surface area contributed by atoms with Gasteiger partial charge in [0.15, 0.2) is 0 Å². The van der Waals surface area contributed by atoms with E-state index in [2.05, 4.69) is 16.0 Å². The molecule has 194 valence electrons. The fourth-order valence-corrected chi connectivity index (χ4v) is 5.81. The molecule has 2 aliphatic carbocycles. The van der Waals surface area contributed by atoms with Gasteiger partial charge in [0.1, 0.15) is 33.9 Å². The second-order valence-corrected chi connectivity index (χ2v) is 10.6. The third-order valence-corrected chi connectivity index (χ3v) is 8.11. The highest BCUT2D eigenvalue weighted by molar-refractivity contribution is 6.29. The maximum Gasteiger partial charge on any atom is 0.270 e. The predicted molar refractivity (Wildman–Crippen MR) is 144 cm³/mol. The minimum Gasteiger partial charge on any atom is -0.494 e. The number of nitriles is 1. The van der Waals surface area contributed by atoms with Gasteiger partial charge in [-0.05, 0) is 68.7 Å². The number of aromatic nitrogens is 2. The molecule has 0 unspecified atom stereocenters. The Labute approximate surface area is 221 Å². The molecule has 1 aromatic carbocycles. The SMILES string of the molecule is COc1cc(F)ccc1N(CC1CC1)C1CCC(N(C)c2c(C#N)c(=O)n(C)c3ccc(Cl)nc23)CC1. The summed E-state index contributed by atoms with van der Waals surface area (Å²) >= 11 is 6.22. The zero-order valence-electron chi connectivity index (χ0n) is 21.4. The molecule has 2 fully saturated rings. The van der Waals surface area contributed by atoms with E-state index >= 15 is 0 Å². The summed E-state index contributed by atoms with van der Waals surface area (Å²) in [5.41, 5.74) is 2.43. The Balaban J connectivity index is 1.43. The van der Waals surface area contributed by atoms with E-state index in [9.17, 15) is 14.4 Å². The number of benzene rings is 1. The lowest BCUT2D eigenvalue weighted by Gasteiger charge is -2.42. The molecule has 0 amide bonds. The monoisotopic (exact) mass is 523 g/mol. The van der Waals surface area contributed by atoms with Crippen molar-refractivity contribution in [1.29, 1.82) is 5.26 Å². The van der Waals surface area contributed by atoms with Crippen molar-refractivity contribution in [2.45, 2.75) is 50.6 Å². The number of nitrogens with zero attached hydrogens (tertiary/aromatic N) is 5. The molecular weight excluding hydrogens is 493 g/mol. The Bertz CT molecular complexity index is 1420. The number of hydrogen-bond acceptors (Lipinski definition) is 6. The summed E-state index contributed by atoms with van der Waals surface area (Å²) in [5, 5.41) is 10.2. The van der Waals surface area contributed by atoms with Crippen LogP contribution in [0.5, 0.6) is 5.75 Å². The Morgan fingerprint density at radius 2 is 1.86 bits per heavy atom. The van der Waals surface area contributed by atoms with Gasteiger partial charge in [-0.25, -0.2) is 9.37 Å². The van der Waals surface area contributed by atoms with E-state index in [-0.39, 0.29) is 23.0 Å². The van der Waals surface area contributed by atoms with Crippen molar-refractivity contribution in [3.8, 4) is 11.8 Å². The first-order chi connectivity index (χ1) is 17.8. The van der Waals surface area contributed by atoms with Crippen LogP contribution in [-0.2, 0) is 7.05 Å². The summed E-state index contributed by atoms with van der Waals surface area (Å²) < 4.78 is 20.9. The predicted octanol–water partition coefficient (Wildman–Crippen LogP) is 5.27. The van der Waals surface area contributed by atoms with Gasteiger partial charge in [-0.15, -0.1) is 0 Å². The molecule has 0 saturated heterocycles. The highest BCUT2D eigenvalue weighted by Crippen LogP contribution is 2.40. The van der Waals surface area contributed by atoms with Crippen LogP contribution in [0.15, 0.2) is 35.1 Å². The van der Waals surface area contributed by atoms with Gasteiger partial charge in [0, 0.05) is 38.8 Å². The van der Waals surface area contributed by atoms with Crippen molar-refractivity contribution >= 4 is 34.0 Å². The molecule has 5 rings (SSSR count). The third kappa shape index (κ3) is 4.85. The maximum atomic E-state index is 13.9. The van der Waals surface area contributed by atoms with Gasteiger partial charge in [0.2, 0.25) is 0 Å². The molecule has 0 spiro atoms. The molecule has 9 heteroatoms. The lowest BCUT2D eigenvalue weighted by Crippen LogP contribution is -2.44. The largest absolute Gasteiger partial charge is 0.494 e. The van der Waals surface area contributed by atoms with Crippen LogP contribution < -0.4 is 20.1 Å². The minimum absolute atomic E-state index is 0.0841. The Hall–Kier alpha value is -3.31. The molecule has 2 heterocycles. The van der Waals surface area contributed by atoms with Crippen LogP contribution in [-0.4, -0.2) is 42.3 Å². The highest BCUT2D eigenvalue weighted by Gasteiger charge is 2.34. The molecule has 2 aliphatic rings. The number of methoxy groups -OCH3 is 1. The zero-order chi connectivity index (χ0) is 26.3. The van der Waals surface area contributed by atoms with E-state index < -0.39 is 0 Å². The molecule has 0 bridgehead atoms. The summed E-state index contributed by atoms with van der Waals surface area (Å²) in [6.45, 7) is 0.938. The average molecular weight is 524 g/mol. The van der Waals surface area contributed by atoms with Gasteiger partial charge in [0.25, 0.3) is 5.56 Å². The van der Waals surface area contributed by atoms with Crippen molar-refractivity contribution in [3.63, 3.8) is 0 Å². The lowest BCUT2D eigenvalue weighted by atomic mass is 9.88. The maximum absolute atomic E-state index is 13.9. The Morgan fingerprint density at radius 3 is 2.51 bits per heavy atom. The smallest absolute Gasteiger partial charge is 0.270 e. The normalized spacial score (nSPS) is 19.5. The number of anilines is 2. The number of rotatable bonds is 7. The average Bonchev–Trinajstić information content (AvgIpc) is 3.73. The van der Waals surface area contributed by atoms with Gasteiger partial charge in [-0.1, -0.05) is 11.6 Å². The zero-order valence-corrected chi connectivity index (χ0v) is 22.1. The summed E-state index contributed by atoms with van der Waals surface area (Å²) in [4.78, 5) is 22.0. The van der Waals surface area contributed by atoms with E-state index in [4.69, 9.17) is 16.3 Å². The molecule has 3 aromatic rings. The fraction of sp³-hybridized carbons (Fsp3) is 0.464. The number of fused-ring (bicyclic) bond motifs is 1. The first kappa shape index (κ1) is 25.3. The van der Waals surface area contributed by atoms with Crippen molar-refractivity contribution in [3.05, 3.63) is 57.2 Å². The van der Waals surface area contributed by atoms with Crippen LogP contribution in [0.3, 0.4) is 0 Å². The van der Waals surface area contributed by atoms with Gasteiger partial charge in [0.05, 0.1) is 24.0 Å². The van der Waals surface area contributed by atoms with Crippen LogP contribution in [0.1, 0.15) is 44.1 Å². The highest BCUT2D eigenvalue weighted by atomic mass is 35.5. The van der Waals surface area contributed by atoms with Crippen LogP contribution in [0, 0.1) is 23.1 Å². The minimum atomic E-state index is -0.339. The number of aryl methyl sites for hydroxylation is 1. The second-order valence-electron chi connectivity index (χ2n) is 10.2. The first-order valence-electron chi connectivity index (χ1n) is 12.7. The van der Waals surface area contributed by atoms with Crippen molar-refractivity contribution in [2.75, 3.05) is 30.5 Å². The molecule has 0 atom stereocenters. The van der Waals surface area contributed by atoms with Crippen LogP contribution >= 0.6 is 11.6 Å². The van der Waals surface area contributed by atoms with Gasteiger partial charge in [-0.3, -0.25) is 4.79 Å². The van der Waals surface area contributed by atoms with Gasteiger partial charge >= 0.3 is 0 Å². The van der Waals surface area contributed by atoms with E-state index in [0.717, 1.165) is 37.9 Å². The molecule has 0 radical (unpaired) electrons. The summed E-state index contributed by atoms with van der Waals surface area (Å²) in [5.74, 6) is 0.921. The Kier molecular flexibility index (Phi) is 7.00. The van der Waals surface area contributed by atoms with Crippen molar-refractivity contribution in [1.82, 2.24) is 9.55 Å². The molecule has 7 nitrogen and oxygen atoms in total. The summed E-state index contributed by atoms with van der Waals surface area (Å²) in [7, 11) is 5.17. The van der Waals surface area contributed by atoms with Crippen LogP contribution in [0.2, 0.25) is 5.15 Å². The first-order valence-corrected chi connectivity index (χ1v) is 13.1. The van der Waals surface area contributed by atoms with E-state index in [0.29, 0.717) is 39.6 Å². The van der Waals surface area contributed by atoms with Gasteiger partial charge < -0.3 is 19.1 Å². The number of hydrogen-bond donors (Lipinski definition) is 0. The fourth-order valence-electron chi connectivity index (χ4n) is 5.67. The topological polar surface area (TPSA) is 74.4 Å². The van der Waals surface area contributed by atoms with Gasteiger partial charge in [-0.2, -0.15) is 5.26 Å². The molecule has 0 N–H and O–H groups in total. The van der Waals surface area contributed by atoms with E-state index in [1.54, 1.807) is 26.3 Å². The van der Waals surface area contributed by atoms with E-state index in [1.807, 2.05) is 18.0 Å². The molecular formula is C28H31ClFN5O2. The second kappa shape index (κ2) is 10.2.